The van der Waals surface area contributed by atoms with Gasteiger partial charge in [-0.05, 0) is 32.4 Å². The largest absolute Gasteiger partial charge is 0.297 e. The van der Waals surface area contributed by atoms with Crippen LogP contribution in [0.3, 0.4) is 0 Å². The van der Waals surface area contributed by atoms with E-state index in [1.165, 1.54) is 45.2 Å². The van der Waals surface area contributed by atoms with E-state index < -0.39 is 0 Å². The first kappa shape index (κ1) is 10.8. The van der Waals surface area contributed by atoms with Gasteiger partial charge in [0.1, 0.15) is 0 Å². The summed E-state index contributed by atoms with van der Waals surface area (Å²) in [7, 11) is 0. The quantitative estimate of drug-likeness (QED) is 0.545. The van der Waals surface area contributed by atoms with Gasteiger partial charge in [0.2, 0.25) is 0 Å². The third-order valence-electron chi connectivity index (χ3n) is 2.80. The van der Waals surface area contributed by atoms with Gasteiger partial charge in [0.05, 0.1) is 0 Å². The molecule has 76 valence electrons. The van der Waals surface area contributed by atoms with Crippen LogP contribution in [0, 0.1) is 0 Å². The number of hydrogen-bond donors (Lipinski definition) is 0. The second-order valence-corrected chi connectivity index (χ2v) is 3.97. The van der Waals surface area contributed by atoms with Crippen molar-refractivity contribution in [2.24, 2.45) is 0 Å². The molecule has 1 rings (SSSR count). The molecular weight excluding hydrogens is 158 g/mol. The Balaban J connectivity index is 2.21. The number of rotatable bonds is 7. The minimum atomic E-state index is 0.776. The van der Waals surface area contributed by atoms with Crippen LogP contribution >= 0.6 is 0 Å². The molecule has 1 heteroatoms. The van der Waals surface area contributed by atoms with E-state index in [0.29, 0.717) is 0 Å². The SMILES string of the molecule is CCCCN(CCCC)C1C=CC1. The van der Waals surface area contributed by atoms with Crippen molar-refractivity contribution in [3.63, 3.8) is 0 Å². The first-order valence-electron chi connectivity index (χ1n) is 5.79. The van der Waals surface area contributed by atoms with E-state index in [1.54, 1.807) is 0 Å². The second-order valence-electron chi connectivity index (χ2n) is 3.97. The predicted octanol–water partition coefficient (Wildman–Crippen LogP) is 3.22. The molecule has 0 amide bonds. The van der Waals surface area contributed by atoms with E-state index in [4.69, 9.17) is 0 Å². The van der Waals surface area contributed by atoms with Crippen molar-refractivity contribution in [2.45, 2.75) is 52.0 Å². The maximum Gasteiger partial charge on any atom is 0.0312 e. The van der Waals surface area contributed by atoms with E-state index in [1.807, 2.05) is 0 Å². The van der Waals surface area contributed by atoms with Crippen LogP contribution < -0.4 is 0 Å². The first-order chi connectivity index (χ1) is 6.38. The normalized spacial score (nSPS) is 20.7. The van der Waals surface area contributed by atoms with E-state index in [2.05, 4.69) is 30.9 Å². The molecule has 0 radical (unpaired) electrons. The summed E-state index contributed by atoms with van der Waals surface area (Å²) < 4.78 is 0. The van der Waals surface area contributed by atoms with Gasteiger partial charge in [0, 0.05) is 6.04 Å². The highest BCUT2D eigenvalue weighted by Gasteiger charge is 2.17. The maximum atomic E-state index is 2.65. The zero-order valence-corrected chi connectivity index (χ0v) is 9.13. The number of unbranched alkanes of at least 4 members (excludes halogenated alkanes) is 2. The third-order valence-corrected chi connectivity index (χ3v) is 2.80. The summed E-state index contributed by atoms with van der Waals surface area (Å²) in [6, 6.07) is 0.776. The lowest BCUT2D eigenvalue weighted by Crippen LogP contribution is -2.38. The molecule has 0 fully saturated rings. The number of nitrogens with zero attached hydrogens (tertiary/aromatic N) is 1. The lowest BCUT2D eigenvalue weighted by molar-refractivity contribution is 0.211. The number of hydrogen-bond acceptors (Lipinski definition) is 1. The van der Waals surface area contributed by atoms with Gasteiger partial charge in [0.15, 0.2) is 0 Å². The van der Waals surface area contributed by atoms with Crippen molar-refractivity contribution in [1.82, 2.24) is 4.90 Å². The Kier molecular flexibility index (Phi) is 5.14. The molecule has 0 saturated heterocycles. The Bertz CT molecular complexity index is 143. The molecule has 1 aliphatic carbocycles. The summed E-state index contributed by atoms with van der Waals surface area (Å²) in [6.45, 7) is 7.14. The molecule has 1 aliphatic rings. The van der Waals surface area contributed by atoms with Crippen LogP contribution in [0.15, 0.2) is 12.2 Å². The lowest BCUT2D eigenvalue weighted by Gasteiger charge is -2.32. The lowest BCUT2D eigenvalue weighted by atomic mass is 10.0. The van der Waals surface area contributed by atoms with E-state index in [9.17, 15) is 0 Å². The molecule has 0 aromatic heterocycles. The molecule has 0 bridgehead atoms. The minimum absolute atomic E-state index is 0.776. The summed E-state index contributed by atoms with van der Waals surface area (Å²) in [5.41, 5.74) is 0. The molecule has 0 spiro atoms. The predicted molar refractivity (Wildman–Crippen MR) is 58.9 cm³/mol. The summed E-state index contributed by atoms with van der Waals surface area (Å²) >= 11 is 0. The van der Waals surface area contributed by atoms with Gasteiger partial charge < -0.3 is 0 Å². The fourth-order valence-corrected chi connectivity index (χ4v) is 1.69. The zero-order valence-electron chi connectivity index (χ0n) is 9.13. The Morgan fingerprint density at radius 3 is 2.00 bits per heavy atom. The highest BCUT2D eigenvalue weighted by Crippen LogP contribution is 2.17. The second kappa shape index (κ2) is 6.20. The fourth-order valence-electron chi connectivity index (χ4n) is 1.69. The first-order valence-corrected chi connectivity index (χ1v) is 5.79. The molecule has 0 aliphatic heterocycles. The van der Waals surface area contributed by atoms with Crippen molar-refractivity contribution in [3.05, 3.63) is 12.2 Å². The van der Waals surface area contributed by atoms with Crippen LogP contribution in [0.25, 0.3) is 0 Å². The van der Waals surface area contributed by atoms with Crippen molar-refractivity contribution < 1.29 is 0 Å². The zero-order chi connectivity index (χ0) is 9.52. The van der Waals surface area contributed by atoms with E-state index in [-0.39, 0.29) is 0 Å². The Morgan fingerprint density at radius 2 is 1.69 bits per heavy atom. The fraction of sp³-hybridized carbons (Fsp3) is 0.833. The topological polar surface area (TPSA) is 3.24 Å². The molecule has 0 N–H and O–H groups in total. The van der Waals surface area contributed by atoms with Gasteiger partial charge in [-0.15, -0.1) is 0 Å². The molecular formula is C12H23N. The summed E-state index contributed by atoms with van der Waals surface area (Å²) in [5, 5.41) is 0. The van der Waals surface area contributed by atoms with Crippen LogP contribution in [-0.2, 0) is 0 Å². The Labute approximate surface area is 82.8 Å². The standard InChI is InChI=1S/C12H23N/c1-3-5-10-13(11-6-4-2)12-8-7-9-12/h7-8,12H,3-6,9-11H2,1-2H3. The molecule has 0 saturated carbocycles. The Morgan fingerprint density at radius 1 is 1.15 bits per heavy atom. The third kappa shape index (κ3) is 3.51. The highest BCUT2D eigenvalue weighted by molar-refractivity contribution is 5.07. The van der Waals surface area contributed by atoms with Crippen LogP contribution in [0.5, 0.6) is 0 Å². The van der Waals surface area contributed by atoms with E-state index in [0.717, 1.165) is 6.04 Å². The molecule has 0 aromatic rings. The monoisotopic (exact) mass is 181 g/mol. The van der Waals surface area contributed by atoms with Gasteiger partial charge >= 0.3 is 0 Å². The van der Waals surface area contributed by atoms with Crippen molar-refractivity contribution >= 4 is 0 Å². The van der Waals surface area contributed by atoms with Crippen LogP contribution in [0.4, 0.5) is 0 Å². The average molecular weight is 181 g/mol. The summed E-state index contributed by atoms with van der Waals surface area (Å²) in [6.07, 6.45) is 11.3. The highest BCUT2D eigenvalue weighted by atomic mass is 15.1. The summed E-state index contributed by atoms with van der Waals surface area (Å²) in [5.74, 6) is 0. The molecule has 0 heterocycles. The Hall–Kier alpha value is -0.300. The van der Waals surface area contributed by atoms with Gasteiger partial charge in [0.25, 0.3) is 0 Å². The van der Waals surface area contributed by atoms with Crippen LogP contribution in [-0.4, -0.2) is 24.0 Å². The van der Waals surface area contributed by atoms with Crippen LogP contribution in [0.2, 0.25) is 0 Å². The van der Waals surface area contributed by atoms with Crippen LogP contribution in [0.1, 0.15) is 46.0 Å². The molecule has 1 unspecified atom stereocenters. The van der Waals surface area contributed by atoms with Gasteiger partial charge in [-0.2, -0.15) is 0 Å². The molecule has 13 heavy (non-hydrogen) atoms. The minimum Gasteiger partial charge on any atom is -0.297 e. The van der Waals surface area contributed by atoms with Crippen molar-refractivity contribution in [1.29, 1.82) is 0 Å². The smallest absolute Gasteiger partial charge is 0.0312 e. The molecule has 1 nitrogen and oxygen atoms in total. The maximum absolute atomic E-state index is 2.65. The summed E-state index contributed by atoms with van der Waals surface area (Å²) in [4.78, 5) is 2.65. The molecule has 0 aromatic carbocycles. The molecule has 1 atom stereocenters. The van der Waals surface area contributed by atoms with E-state index >= 15 is 0 Å². The van der Waals surface area contributed by atoms with Crippen molar-refractivity contribution in [3.8, 4) is 0 Å². The average Bonchev–Trinajstić information content (AvgIpc) is 2.06. The van der Waals surface area contributed by atoms with Gasteiger partial charge in [-0.3, -0.25) is 4.90 Å². The van der Waals surface area contributed by atoms with Gasteiger partial charge in [-0.25, -0.2) is 0 Å². The van der Waals surface area contributed by atoms with Crippen molar-refractivity contribution in [2.75, 3.05) is 13.1 Å². The van der Waals surface area contributed by atoms with Gasteiger partial charge in [-0.1, -0.05) is 38.8 Å².